The topological polar surface area (TPSA) is 191 Å². The van der Waals surface area contributed by atoms with Crippen LogP contribution in [0.1, 0.15) is 36.6 Å². The summed E-state index contributed by atoms with van der Waals surface area (Å²) in [6.45, 7) is 8.10. The van der Waals surface area contributed by atoms with Crippen LogP contribution in [0.25, 0.3) is 0 Å². The largest absolute Gasteiger partial charge is 0.478 e. The Balaban J connectivity index is 4.20. The molecule has 0 amide bonds. The van der Waals surface area contributed by atoms with E-state index >= 15 is 0 Å². The lowest BCUT2D eigenvalue weighted by Crippen LogP contribution is -2.44. The molecule has 0 bridgehead atoms. The van der Waals surface area contributed by atoms with Gasteiger partial charge in [-0.1, -0.05) is 19.7 Å². The van der Waals surface area contributed by atoms with Gasteiger partial charge in [0.25, 0.3) is 0 Å². The molecule has 0 aliphatic heterocycles. The molecular weight excluding hydrogens is 432 g/mol. The van der Waals surface area contributed by atoms with Crippen LogP contribution in [0.4, 0.5) is 0 Å². The van der Waals surface area contributed by atoms with Crippen LogP contribution in [0.15, 0.2) is 50.1 Å². The number of carboxylic acids is 3. The Bertz CT molecular complexity index is 1010. The van der Waals surface area contributed by atoms with E-state index in [1.165, 1.54) is 0 Å². The van der Waals surface area contributed by atoms with Gasteiger partial charge in [-0.15, -0.1) is 0 Å². The zero-order chi connectivity index (χ0) is 24.6. The van der Waals surface area contributed by atoms with Gasteiger partial charge in [-0.2, -0.15) is 0 Å². The van der Waals surface area contributed by atoms with Crippen molar-refractivity contribution < 1.29 is 58.3 Å². The van der Waals surface area contributed by atoms with Gasteiger partial charge in [0.2, 0.25) is 0 Å². The molecule has 12 nitrogen and oxygen atoms in total. The Morgan fingerprint density at radius 1 is 0.750 bits per heavy atom. The molecule has 32 heavy (non-hydrogen) atoms. The maximum absolute atomic E-state index is 12.0. The highest BCUT2D eigenvalue weighted by Gasteiger charge is 2.48. The molecule has 0 spiro atoms. The Morgan fingerprint density at radius 3 is 1.56 bits per heavy atom. The summed E-state index contributed by atoms with van der Waals surface area (Å²) in [5.41, 5.74) is -4.18. The highest BCUT2D eigenvalue weighted by atomic mass is 16.7. The van der Waals surface area contributed by atoms with Crippen LogP contribution in [-0.4, -0.2) is 57.7 Å². The molecule has 1 aromatic carbocycles. The van der Waals surface area contributed by atoms with Gasteiger partial charge in [0.1, 0.15) is 0 Å². The van der Waals surface area contributed by atoms with Gasteiger partial charge in [0.05, 0.1) is 22.3 Å². The maximum atomic E-state index is 12.0. The number of esters is 3. The van der Waals surface area contributed by atoms with Gasteiger partial charge in [0, 0.05) is 18.2 Å². The van der Waals surface area contributed by atoms with Crippen molar-refractivity contribution in [3.05, 3.63) is 72.4 Å². The molecular formula is C20H16O12. The fourth-order valence-electron chi connectivity index (χ4n) is 2.46. The Morgan fingerprint density at radius 2 is 1.19 bits per heavy atom. The molecule has 0 aliphatic rings. The van der Waals surface area contributed by atoms with E-state index < -0.39 is 70.5 Å². The van der Waals surface area contributed by atoms with E-state index in [-0.39, 0.29) is 0 Å². The average Bonchev–Trinajstić information content (AvgIpc) is 2.75. The normalized spacial score (nSPS) is 10.2. The number of hydrogen-bond acceptors (Lipinski definition) is 9. The summed E-state index contributed by atoms with van der Waals surface area (Å²) in [5, 5.41) is 28.6. The van der Waals surface area contributed by atoms with E-state index in [2.05, 4.69) is 19.7 Å². The number of carbonyl (C=O) groups excluding carboxylic acids is 3. The molecule has 0 aromatic heterocycles. The lowest BCUT2D eigenvalue weighted by atomic mass is 9.89. The predicted molar refractivity (Wildman–Crippen MR) is 103 cm³/mol. The molecule has 12 heteroatoms. The summed E-state index contributed by atoms with van der Waals surface area (Å²) in [4.78, 5) is 71.1. The monoisotopic (exact) mass is 448 g/mol. The summed E-state index contributed by atoms with van der Waals surface area (Å²) in [7, 11) is 0. The zero-order valence-electron chi connectivity index (χ0n) is 16.2. The summed E-state index contributed by atoms with van der Waals surface area (Å²) < 4.78 is 14.7. The van der Waals surface area contributed by atoms with Gasteiger partial charge in [-0.25, -0.2) is 28.8 Å². The van der Waals surface area contributed by atoms with Crippen LogP contribution in [0, 0.1) is 0 Å². The molecule has 168 valence electrons. The highest BCUT2D eigenvalue weighted by molar-refractivity contribution is 6.06. The second kappa shape index (κ2) is 10.3. The van der Waals surface area contributed by atoms with Crippen molar-refractivity contribution >= 4 is 35.8 Å². The third-order valence-corrected chi connectivity index (χ3v) is 3.70. The smallest absolute Gasteiger partial charge is 0.337 e. The molecule has 3 N–H and O–H groups in total. The molecule has 0 heterocycles. The Hall–Kier alpha value is -4.74. The van der Waals surface area contributed by atoms with E-state index in [0.717, 1.165) is 0 Å². The Labute approximate surface area is 179 Å². The third kappa shape index (κ3) is 5.44. The molecule has 1 rings (SSSR count). The lowest BCUT2D eigenvalue weighted by molar-refractivity contribution is -0.244. The van der Waals surface area contributed by atoms with Crippen LogP contribution in [0.5, 0.6) is 0 Å². The minimum Gasteiger partial charge on any atom is -0.478 e. The van der Waals surface area contributed by atoms with Crippen molar-refractivity contribution in [3.8, 4) is 0 Å². The van der Waals surface area contributed by atoms with E-state index in [0.29, 0.717) is 30.4 Å². The minimum absolute atomic E-state index is 0.549. The van der Waals surface area contributed by atoms with E-state index in [1.54, 1.807) is 0 Å². The Kier molecular flexibility index (Phi) is 8.17. The standard InChI is InChI=1S/C20H16O12/c1-4-12(21)30-9-20(31-13(22)5-2,32-14(23)6-3)16-11(18(26)27)8-7-10(17(24)25)15(16)19(28)29/h4-8H,1-3,9H2,(H,24,25)(H,26,27)(H,28,29). The first-order valence-electron chi connectivity index (χ1n) is 8.31. The highest BCUT2D eigenvalue weighted by Crippen LogP contribution is 2.36. The molecule has 0 aliphatic carbocycles. The molecule has 0 radical (unpaired) electrons. The summed E-state index contributed by atoms with van der Waals surface area (Å²) in [6, 6.07) is 1.35. The number of rotatable bonds is 11. The van der Waals surface area contributed by atoms with Crippen LogP contribution < -0.4 is 0 Å². The number of carboxylic acid groups (broad SMARTS) is 3. The molecule has 0 saturated heterocycles. The third-order valence-electron chi connectivity index (χ3n) is 3.70. The molecule has 1 aromatic rings. The van der Waals surface area contributed by atoms with Gasteiger partial charge < -0.3 is 29.5 Å². The minimum atomic E-state index is -3.07. The van der Waals surface area contributed by atoms with Gasteiger partial charge >= 0.3 is 41.6 Å². The molecule has 0 atom stereocenters. The van der Waals surface area contributed by atoms with Crippen molar-refractivity contribution in [1.82, 2.24) is 0 Å². The second-order valence-corrected chi connectivity index (χ2v) is 5.64. The van der Waals surface area contributed by atoms with Gasteiger partial charge in [-0.05, 0) is 12.1 Å². The summed E-state index contributed by atoms with van der Waals surface area (Å²) in [5.74, 6) is -12.6. The zero-order valence-corrected chi connectivity index (χ0v) is 16.2. The van der Waals surface area contributed by atoms with E-state index in [4.69, 9.17) is 14.2 Å². The van der Waals surface area contributed by atoms with Gasteiger partial charge in [-0.3, -0.25) is 0 Å². The number of aromatic carboxylic acids is 3. The quantitative estimate of drug-likeness (QED) is 0.249. The van der Waals surface area contributed by atoms with Crippen LogP contribution in [-0.2, 0) is 34.4 Å². The molecule has 0 unspecified atom stereocenters. The number of ether oxygens (including phenoxy) is 3. The number of benzene rings is 1. The van der Waals surface area contributed by atoms with Crippen LogP contribution in [0.2, 0.25) is 0 Å². The van der Waals surface area contributed by atoms with Crippen LogP contribution in [0.3, 0.4) is 0 Å². The number of hydrogen-bond donors (Lipinski definition) is 3. The first-order valence-corrected chi connectivity index (χ1v) is 8.31. The second-order valence-electron chi connectivity index (χ2n) is 5.64. The fourth-order valence-corrected chi connectivity index (χ4v) is 2.46. The summed E-state index contributed by atoms with van der Waals surface area (Å²) >= 11 is 0. The van der Waals surface area contributed by atoms with E-state index in [9.17, 15) is 44.1 Å². The van der Waals surface area contributed by atoms with E-state index in [1.807, 2.05) is 0 Å². The average molecular weight is 448 g/mol. The maximum Gasteiger partial charge on any atom is 0.337 e. The van der Waals surface area contributed by atoms with Crippen molar-refractivity contribution in [3.63, 3.8) is 0 Å². The molecule has 0 saturated carbocycles. The summed E-state index contributed by atoms with van der Waals surface area (Å²) in [6.07, 6.45) is 1.75. The lowest BCUT2D eigenvalue weighted by Gasteiger charge is -2.33. The van der Waals surface area contributed by atoms with Crippen LogP contribution >= 0.6 is 0 Å². The predicted octanol–water partition coefficient (Wildman–Crippen LogP) is 1.12. The molecule has 0 fully saturated rings. The number of carbonyl (C=O) groups is 6. The van der Waals surface area contributed by atoms with Gasteiger partial charge in [0.15, 0.2) is 6.61 Å². The van der Waals surface area contributed by atoms with Crippen molar-refractivity contribution in [2.75, 3.05) is 6.61 Å². The van der Waals surface area contributed by atoms with Crippen molar-refractivity contribution in [1.29, 1.82) is 0 Å². The van der Waals surface area contributed by atoms with Crippen molar-refractivity contribution in [2.24, 2.45) is 0 Å². The fraction of sp³-hybridized carbons (Fsp3) is 0.100. The SMILES string of the molecule is C=CC(=O)OCC(OC(=O)C=C)(OC(=O)C=C)c1c(C(=O)O)ccc(C(=O)O)c1C(=O)O. The first kappa shape index (κ1) is 25.3. The van der Waals surface area contributed by atoms with Crippen molar-refractivity contribution in [2.45, 2.75) is 5.79 Å². The first-order chi connectivity index (χ1) is 14.9.